The molecule has 0 spiro atoms. The maximum atomic E-state index is 6.28. The Balaban J connectivity index is 2.07. The fraction of sp³-hybridized carbons (Fsp3) is 0.667. The van der Waals surface area contributed by atoms with E-state index in [-0.39, 0.29) is 11.5 Å². The minimum atomic E-state index is 0.199. The largest absolute Gasteiger partial charge is 0.493 e. The Hall–Kier alpha value is -1.22. The lowest BCUT2D eigenvalue weighted by Crippen LogP contribution is -2.63. The van der Waals surface area contributed by atoms with Crippen molar-refractivity contribution < 1.29 is 9.47 Å². The van der Waals surface area contributed by atoms with Gasteiger partial charge in [0, 0.05) is 17.9 Å². The van der Waals surface area contributed by atoms with Crippen molar-refractivity contribution >= 4 is 0 Å². The lowest BCUT2D eigenvalue weighted by molar-refractivity contribution is -0.0709. The molecule has 0 amide bonds. The van der Waals surface area contributed by atoms with Gasteiger partial charge in [-0.1, -0.05) is 26.8 Å². The highest BCUT2D eigenvalue weighted by atomic mass is 16.5. The first-order valence-electron chi connectivity index (χ1n) is 8.09. The van der Waals surface area contributed by atoms with Crippen molar-refractivity contribution in [3.05, 3.63) is 23.8 Å². The average Bonchev–Trinajstić information content (AvgIpc) is 2.50. The lowest BCUT2D eigenvalue weighted by atomic mass is 9.61. The molecule has 1 N–H and O–H groups in total. The SMILES string of the molecule is CCCNC1CC(Oc2ccc(C)cc2OC)C1(C)CC. The Morgan fingerprint density at radius 2 is 2.05 bits per heavy atom. The second-order valence-electron chi connectivity index (χ2n) is 6.36. The van der Waals surface area contributed by atoms with Crippen LogP contribution in [0.3, 0.4) is 0 Å². The molecule has 0 aromatic heterocycles. The summed E-state index contributed by atoms with van der Waals surface area (Å²) < 4.78 is 11.7. The molecule has 3 nitrogen and oxygen atoms in total. The number of aryl methyl sites for hydroxylation is 1. The van der Waals surface area contributed by atoms with E-state index in [1.165, 1.54) is 12.0 Å². The second kappa shape index (κ2) is 6.69. The molecule has 1 fully saturated rings. The van der Waals surface area contributed by atoms with E-state index in [9.17, 15) is 0 Å². The highest BCUT2D eigenvalue weighted by Crippen LogP contribution is 2.47. The zero-order chi connectivity index (χ0) is 15.5. The molecule has 21 heavy (non-hydrogen) atoms. The summed E-state index contributed by atoms with van der Waals surface area (Å²) >= 11 is 0. The molecule has 1 aliphatic rings. The van der Waals surface area contributed by atoms with E-state index in [1.807, 2.05) is 12.1 Å². The zero-order valence-electron chi connectivity index (χ0n) is 14.0. The fourth-order valence-corrected chi connectivity index (χ4v) is 3.13. The van der Waals surface area contributed by atoms with E-state index < -0.39 is 0 Å². The van der Waals surface area contributed by atoms with Crippen LogP contribution in [0, 0.1) is 12.3 Å². The van der Waals surface area contributed by atoms with Crippen molar-refractivity contribution in [3.63, 3.8) is 0 Å². The number of hydrogen-bond donors (Lipinski definition) is 1. The average molecular weight is 291 g/mol. The molecule has 1 aromatic rings. The van der Waals surface area contributed by atoms with Crippen LogP contribution in [-0.2, 0) is 0 Å². The molecule has 3 heteroatoms. The molecule has 1 saturated carbocycles. The molecular weight excluding hydrogens is 262 g/mol. The number of nitrogens with one attached hydrogen (secondary N) is 1. The van der Waals surface area contributed by atoms with Crippen LogP contribution in [0.25, 0.3) is 0 Å². The molecule has 2 rings (SSSR count). The number of ether oxygens (including phenoxy) is 2. The predicted molar refractivity (Wildman–Crippen MR) is 87.2 cm³/mol. The number of rotatable bonds is 7. The minimum absolute atomic E-state index is 0.199. The molecule has 0 aliphatic heterocycles. The van der Waals surface area contributed by atoms with Crippen molar-refractivity contribution in [1.82, 2.24) is 5.32 Å². The van der Waals surface area contributed by atoms with Gasteiger partial charge >= 0.3 is 0 Å². The standard InChI is InChI=1S/C18H29NO2/c1-6-10-19-16-12-17(18(16,4)7-2)21-14-9-8-13(3)11-15(14)20-5/h8-9,11,16-17,19H,6-7,10,12H2,1-5H3. The van der Waals surface area contributed by atoms with Gasteiger partial charge in [0.15, 0.2) is 11.5 Å². The Morgan fingerprint density at radius 1 is 1.29 bits per heavy atom. The third-order valence-corrected chi connectivity index (χ3v) is 4.97. The Bertz CT molecular complexity index is 474. The summed E-state index contributed by atoms with van der Waals surface area (Å²) in [5.41, 5.74) is 1.39. The van der Waals surface area contributed by atoms with Crippen LogP contribution in [-0.4, -0.2) is 25.8 Å². The van der Waals surface area contributed by atoms with Gasteiger partial charge in [0.25, 0.3) is 0 Å². The van der Waals surface area contributed by atoms with Gasteiger partial charge in [0.05, 0.1) is 7.11 Å². The topological polar surface area (TPSA) is 30.5 Å². The highest BCUT2D eigenvalue weighted by molar-refractivity contribution is 5.43. The van der Waals surface area contributed by atoms with Crippen LogP contribution in [0.15, 0.2) is 18.2 Å². The van der Waals surface area contributed by atoms with E-state index in [4.69, 9.17) is 9.47 Å². The first-order chi connectivity index (χ1) is 10.0. The van der Waals surface area contributed by atoms with E-state index in [1.54, 1.807) is 7.11 Å². The normalized spacial score (nSPS) is 28.0. The smallest absolute Gasteiger partial charge is 0.161 e. The molecule has 0 radical (unpaired) electrons. The molecular formula is C18H29NO2. The van der Waals surface area contributed by atoms with Crippen LogP contribution >= 0.6 is 0 Å². The van der Waals surface area contributed by atoms with Gasteiger partial charge in [0.2, 0.25) is 0 Å². The summed E-state index contributed by atoms with van der Waals surface area (Å²) in [5, 5.41) is 3.65. The van der Waals surface area contributed by atoms with E-state index in [0.29, 0.717) is 6.04 Å². The van der Waals surface area contributed by atoms with E-state index in [2.05, 4.69) is 39.1 Å². The quantitative estimate of drug-likeness (QED) is 0.825. The maximum absolute atomic E-state index is 6.28. The van der Waals surface area contributed by atoms with Crippen molar-refractivity contribution in [2.75, 3.05) is 13.7 Å². The summed E-state index contributed by atoms with van der Waals surface area (Å²) in [4.78, 5) is 0. The summed E-state index contributed by atoms with van der Waals surface area (Å²) in [6.45, 7) is 9.94. The predicted octanol–water partition coefficient (Wildman–Crippen LogP) is 3.94. The third kappa shape index (κ3) is 3.18. The van der Waals surface area contributed by atoms with Gasteiger partial charge in [-0.2, -0.15) is 0 Å². The monoisotopic (exact) mass is 291 g/mol. The van der Waals surface area contributed by atoms with Crippen LogP contribution < -0.4 is 14.8 Å². The first kappa shape index (κ1) is 16.2. The number of methoxy groups -OCH3 is 1. The summed E-state index contributed by atoms with van der Waals surface area (Å²) in [6.07, 6.45) is 3.62. The minimum Gasteiger partial charge on any atom is -0.493 e. The second-order valence-corrected chi connectivity index (χ2v) is 6.36. The molecule has 3 unspecified atom stereocenters. The highest BCUT2D eigenvalue weighted by Gasteiger charge is 2.51. The van der Waals surface area contributed by atoms with Crippen molar-refractivity contribution in [3.8, 4) is 11.5 Å². The van der Waals surface area contributed by atoms with Gasteiger partial charge in [-0.25, -0.2) is 0 Å². The summed E-state index contributed by atoms with van der Waals surface area (Å²) in [5.74, 6) is 1.69. The van der Waals surface area contributed by atoms with Gasteiger partial charge in [0.1, 0.15) is 6.10 Å². The maximum Gasteiger partial charge on any atom is 0.161 e. The van der Waals surface area contributed by atoms with Gasteiger partial charge in [-0.05, 0) is 44.0 Å². The van der Waals surface area contributed by atoms with Gasteiger partial charge in [-0.3, -0.25) is 0 Å². The van der Waals surface area contributed by atoms with Crippen LogP contribution in [0.4, 0.5) is 0 Å². The van der Waals surface area contributed by atoms with Gasteiger partial charge in [-0.15, -0.1) is 0 Å². The molecule has 0 saturated heterocycles. The van der Waals surface area contributed by atoms with Crippen LogP contribution in [0.5, 0.6) is 11.5 Å². The molecule has 0 heterocycles. The van der Waals surface area contributed by atoms with Crippen molar-refractivity contribution in [2.24, 2.45) is 5.41 Å². The van der Waals surface area contributed by atoms with Gasteiger partial charge < -0.3 is 14.8 Å². The summed E-state index contributed by atoms with van der Waals surface area (Å²) in [7, 11) is 1.70. The number of benzene rings is 1. The Kier molecular flexibility index (Phi) is 5.15. The Morgan fingerprint density at radius 3 is 2.67 bits per heavy atom. The molecule has 1 aromatic carbocycles. The van der Waals surface area contributed by atoms with Crippen LogP contribution in [0.1, 0.15) is 45.6 Å². The molecule has 1 aliphatic carbocycles. The molecule has 0 bridgehead atoms. The summed E-state index contributed by atoms with van der Waals surface area (Å²) in [6, 6.07) is 6.69. The third-order valence-electron chi connectivity index (χ3n) is 4.97. The van der Waals surface area contributed by atoms with Crippen LogP contribution in [0.2, 0.25) is 0 Å². The van der Waals surface area contributed by atoms with E-state index in [0.717, 1.165) is 30.9 Å². The molecule has 118 valence electrons. The lowest BCUT2D eigenvalue weighted by Gasteiger charge is -2.53. The molecule has 3 atom stereocenters. The zero-order valence-corrected chi connectivity index (χ0v) is 14.0. The first-order valence-corrected chi connectivity index (χ1v) is 8.09. The van der Waals surface area contributed by atoms with Crippen molar-refractivity contribution in [1.29, 1.82) is 0 Å². The fourth-order valence-electron chi connectivity index (χ4n) is 3.13. The van der Waals surface area contributed by atoms with E-state index >= 15 is 0 Å². The Labute approximate surface area is 129 Å². The number of hydrogen-bond acceptors (Lipinski definition) is 3. The van der Waals surface area contributed by atoms with Crippen molar-refractivity contribution in [2.45, 2.75) is 59.1 Å².